The van der Waals surface area contributed by atoms with Gasteiger partial charge in [0.15, 0.2) is 17.8 Å². The number of carbonyl (C=O) groups is 1. The number of hydrogen-bond acceptors (Lipinski definition) is 3. The van der Waals surface area contributed by atoms with Crippen LogP contribution in [0.25, 0.3) is 0 Å². The Kier molecular flexibility index (Phi) is 2.83. The number of benzene rings is 1. The van der Waals surface area contributed by atoms with Crippen molar-refractivity contribution in [3.8, 4) is 11.9 Å². The normalized spacial score (nSPS) is 18.8. The van der Waals surface area contributed by atoms with Crippen LogP contribution >= 0.6 is 0 Å². The first kappa shape index (κ1) is 11.2. The molecule has 1 aliphatic heterocycles. The third-order valence-electron chi connectivity index (χ3n) is 2.61. The Balaban J connectivity index is 2.23. The molecule has 2 rings (SSSR count). The van der Waals surface area contributed by atoms with E-state index in [0.29, 0.717) is 5.56 Å². The van der Waals surface area contributed by atoms with Gasteiger partial charge >= 0.3 is 6.03 Å². The van der Waals surface area contributed by atoms with Gasteiger partial charge in [0.05, 0.1) is 19.7 Å². The molecule has 1 N–H and O–H groups in total. The molecule has 0 spiro atoms. The van der Waals surface area contributed by atoms with Gasteiger partial charge < -0.3 is 10.1 Å². The molecule has 1 unspecified atom stereocenters. The Labute approximate surface area is 97.4 Å². The predicted octanol–water partition coefficient (Wildman–Crippen LogP) is 1.38. The summed E-state index contributed by atoms with van der Waals surface area (Å²) in [6.45, 7) is 0.209. The highest BCUT2D eigenvalue weighted by molar-refractivity contribution is 5.78. The summed E-state index contributed by atoms with van der Waals surface area (Å²) < 4.78 is 18.3. The lowest BCUT2D eigenvalue weighted by atomic mass is 10.1. The van der Waals surface area contributed by atoms with Gasteiger partial charge in [0, 0.05) is 0 Å². The van der Waals surface area contributed by atoms with E-state index in [2.05, 4.69) is 5.32 Å². The molecule has 0 saturated carbocycles. The highest BCUT2D eigenvalue weighted by Crippen LogP contribution is 2.24. The Morgan fingerprint density at radius 1 is 1.65 bits per heavy atom. The molecule has 17 heavy (non-hydrogen) atoms. The molecule has 1 atom stereocenters. The van der Waals surface area contributed by atoms with Crippen LogP contribution in [0, 0.1) is 17.3 Å². The molecule has 0 bridgehead atoms. The van der Waals surface area contributed by atoms with Gasteiger partial charge in [-0.15, -0.1) is 0 Å². The van der Waals surface area contributed by atoms with Gasteiger partial charge in [-0.3, -0.25) is 0 Å². The molecular weight excluding hydrogens is 225 g/mol. The maximum atomic E-state index is 13.5. The number of halogens is 1. The Hall–Kier alpha value is -2.29. The number of hydrogen-bond donors (Lipinski definition) is 1. The zero-order valence-electron chi connectivity index (χ0n) is 9.11. The third-order valence-corrected chi connectivity index (χ3v) is 2.61. The first-order valence-electron chi connectivity index (χ1n) is 4.97. The van der Waals surface area contributed by atoms with Crippen molar-refractivity contribution in [2.75, 3.05) is 13.7 Å². The van der Waals surface area contributed by atoms with Crippen LogP contribution in [-0.2, 0) is 0 Å². The number of nitrogens with zero attached hydrogens (tertiary/aromatic N) is 2. The lowest BCUT2D eigenvalue weighted by molar-refractivity contribution is 0.232. The Bertz CT molecular complexity index is 498. The maximum Gasteiger partial charge on any atom is 0.331 e. The number of nitriles is 1. The van der Waals surface area contributed by atoms with E-state index < -0.39 is 11.8 Å². The molecule has 0 radical (unpaired) electrons. The molecule has 1 fully saturated rings. The van der Waals surface area contributed by atoms with E-state index in [9.17, 15) is 9.18 Å². The fourth-order valence-corrected chi connectivity index (χ4v) is 1.71. The molecule has 1 aromatic carbocycles. The van der Waals surface area contributed by atoms with E-state index in [4.69, 9.17) is 10.00 Å². The summed E-state index contributed by atoms with van der Waals surface area (Å²) in [5.41, 5.74) is 0.606. The summed E-state index contributed by atoms with van der Waals surface area (Å²) in [5, 5.41) is 11.3. The number of urea groups is 1. The standard InChI is InChI=1S/C11H10FN3O2/c1-17-10-3-2-7(4-8(10)12)9-5-15(6-13)11(16)14-9/h2-4,9H,5H2,1H3,(H,14,16). The molecule has 0 aromatic heterocycles. The quantitative estimate of drug-likeness (QED) is 0.787. The van der Waals surface area contributed by atoms with Crippen molar-refractivity contribution in [1.82, 2.24) is 10.2 Å². The van der Waals surface area contributed by atoms with Crippen molar-refractivity contribution in [3.63, 3.8) is 0 Å². The van der Waals surface area contributed by atoms with Crippen molar-refractivity contribution in [3.05, 3.63) is 29.6 Å². The molecule has 2 amide bonds. The second-order valence-electron chi connectivity index (χ2n) is 3.61. The van der Waals surface area contributed by atoms with Gasteiger partial charge in [0.2, 0.25) is 0 Å². The average molecular weight is 235 g/mol. The summed E-state index contributed by atoms with van der Waals surface area (Å²) in [6, 6.07) is 3.61. The number of carbonyl (C=O) groups excluding carboxylic acids is 1. The molecule has 1 aliphatic rings. The van der Waals surface area contributed by atoms with Gasteiger partial charge in [0.1, 0.15) is 0 Å². The molecule has 1 saturated heterocycles. The second kappa shape index (κ2) is 4.29. The van der Waals surface area contributed by atoms with Crippen molar-refractivity contribution >= 4 is 6.03 Å². The Morgan fingerprint density at radius 2 is 2.41 bits per heavy atom. The fraction of sp³-hybridized carbons (Fsp3) is 0.273. The van der Waals surface area contributed by atoms with Crippen molar-refractivity contribution in [1.29, 1.82) is 5.26 Å². The van der Waals surface area contributed by atoms with Crippen molar-refractivity contribution in [2.24, 2.45) is 0 Å². The lowest BCUT2D eigenvalue weighted by Gasteiger charge is -2.10. The van der Waals surface area contributed by atoms with Gasteiger partial charge in [-0.1, -0.05) is 6.07 Å². The van der Waals surface area contributed by atoms with Crippen LogP contribution in [-0.4, -0.2) is 24.6 Å². The zero-order chi connectivity index (χ0) is 12.4. The number of ether oxygens (including phenoxy) is 1. The van der Waals surface area contributed by atoms with Gasteiger partial charge in [-0.25, -0.2) is 14.1 Å². The molecule has 6 heteroatoms. The average Bonchev–Trinajstić information content (AvgIpc) is 2.70. The predicted molar refractivity (Wildman–Crippen MR) is 56.5 cm³/mol. The number of rotatable bonds is 2. The first-order valence-corrected chi connectivity index (χ1v) is 4.97. The third kappa shape index (κ3) is 1.99. The molecular formula is C11H10FN3O2. The monoisotopic (exact) mass is 235 g/mol. The van der Waals surface area contributed by atoms with Gasteiger partial charge in [0.25, 0.3) is 0 Å². The summed E-state index contributed by atoms with van der Waals surface area (Å²) in [7, 11) is 1.38. The van der Waals surface area contributed by atoms with Gasteiger partial charge in [-0.2, -0.15) is 5.26 Å². The van der Waals surface area contributed by atoms with Crippen LogP contribution in [0.1, 0.15) is 11.6 Å². The SMILES string of the molecule is COc1ccc(C2CN(C#N)C(=O)N2)cc1F. The van der Waals surface area contributed by atoms with Crippen LogP contribution in [0.5, 0.6) is 5.75 Å². The van der Waals surface area contributed by atoms with Crippen LogP contribution in [0.15, 0.2) is 18.2 Å². The summed E-state index contributed by atoms with van der Waals surface area (Å²) in [6.07, 6.45) is 1.75. The number of nitrogens with one attached hydrogen (secondary N) is 1. The van der Waals surface area contributed by atoms with Crippen LogP contribution in [0.2, 0.25) is 0 Å². The van der Waals surface area contributed by atoms with Crippen LogP contribution < -0.4 is 10.1 Å². The van der Waals surface area contributed by atoms with E-state index in [1.807, 2.05) is 0 Å². The molecule has 5 nitrogen and oxygen atoms in total. The number of amides is 2. The number of methoxy groups -OCH3 is 1. The topological polar surface area (TPSA) is 65.4 Å². The second-order valence-corrected chi connectivity index (χ2v) is 3.61. The highest BCUT2D eigenvalue weighted by atomic mass is 19.1. The van der Waals surface area contributed by atoms with E-state index in [0.717, 1.165) is 4.90 Å². The smallest absolute Gasteiger partial charge is 0.331 e. The van der Waals surface area contributed by atoms with E-state index in [-0.39, 0.29) is 18.3 Å². The molecule has 0 aliphatic carbocycles. The highest BCUT2D eigenvalue weighted by Gasteiger charge is 2.30. The van der Waals surface area contributed by atoms with E-state index >= 15 is 0 Å². The van der Waals surface area contributed by atoms with Gasteiger partial charge in [-0.05, 0) is 17.7 Å². The summed E-state index contributed by atoms with van der Waals surface area (Å²) >= 11 is 0. The molecule has 1 aromatic rings. The zero-order valence-corrected chi connectivity index (χ0v) is 9.11. The molecule has 88 valence electrons. The lowest BCUT2D eigenvalue weighted by Crippen LogP contribution is -2.23. The van der Waals surface area contributed by atoms with E-state index in [1.54, 1.807) is 12.3 Å². The minimum Gasteiger partial charge on any atom is -0.494 e. The molecule has 1 heterocycles. The minimum absolute atomic E-state index is 0.148. The summed E-state index contributed by atoms with van der Waals surface area (Å²) in [5.74, 6) is -0.343. The summed E-state index contributed by atoms with van der Waals surface area (Å²) in [4.78, 5) is 12.3. The van der Waals surface area contributed by atoms with Crippen LogP contribution in [0.4, 0.5) is 9.18 Å². The van der Waals surface area contributed by atoms with Crippen molar-refractivity contribution in [2.45, 2.75) is 6.04 Å². The maximum absolute atomic E-state index is 13.5. The Morgan fingerprint density at radius 3 is 2.94 bits per heavy atom. The fourth-order valence-electron chi connectivity index (χ4n) is 1.71. The van der Waals surface area contributed by atoms with E-state index in [1.165, 1.54) is 19.2 Å². The largest absolute Gasteiger partial charge is 0.494 e. The van der Waals surface area contributed by atoms with Crippen molar-refractivity contribution < 1.29 is 13.9 Å². The first-order chi connectivity index (χ1) is 8.15. The van der Waals surface area contributed by atoms with Crippen LogP contribution in [0.3, 0.4) is 0 Å². The minimum atomic E-state index is -0.491.